The first-order valence-electron chi connectivity index (χ1n) is 6.09. The molecule has 1 fully saturated rings. The summed E-state index contributed by atoms with van der Waals surface area (Å²) >= 11 is 0. The summed E-state index contributed by atoms with van der Waals surface area (Å²) < 4.78 is 13.7. The van der Waals surface area contributed by atoms with Crippen molar-refractivity contribution in [2.24, 2.45) is 0 Å². The highest BCUT2D eigenvalue weighted by Crippen LogP contribution is 2.25. The van der Waals surface area contributed by atoms with E-state index < -0.39 is 11.4 Å². The smallest absolute Gasteiger partial charge is 0.185 e. The summed E-state index contributed by atoms with van der Waals surface area (Å²) in [4.78, 5) is 12.4. The van der Waals surface area contributed by atoms with E-state index >= 15 is 0 Å². The van der Waals surface area contributed by atoms with Crippen molar-refractivity contribution in [2.45, 2.75) is 38.6 Å². The van der Waals surface area contributed by atoms with E-state index in [9.17, 15) is 9.18 Å². The maximum absolute atomic E-state index is 13.7. The highest BCUT2D eigenvalue weighted by atomic mass is 19.1. The van der Waals surface area contributed by atoms with Crippen LogP contribution < -0.4 is 5.32 Å². The SMILES string of the molecule is Cc1ccc(F)c(C(=O)C2(C)CCCCN2)c1. The molecule has 2 nitrogen and oxygen atoms in total. The molecule has 0 radical (unpaired) electrons. The molecule has 0 aliphatic carbocycles. The van der Waals surface area contributed by atoms with Gasteiger partial charge in [-0.05, 0) is 51.8 Å². The number of benzene rings is 1. The molecule has 0 bridgehead atoms. The minimum atomic E-state index is -0.604. The predicted octanol–water partition coefficient (Wildman–Crippen LogP) is 2.85. The topological polar surface area (TPSA) is 29.1 Å². The summed E-state index contributed by atoms with van der Waals surface area (Å²) in [5.41, 5.74) is 0.517. The molecule has 17 heavy (non-hydrogen) atoms. The molecule has 1 saturated heterocycles. The Bertz CT molecular complexity index is 436. The van der Waals surface area contributed by atoms with Crippen LogP contribution in [0.1, 0.15) is 42.1 Å². The average molecular weight is 235 g/mol. The molecule has 1 N–H and O–H groups in total. The zero-order valence-electron chi connectivity index (χ0n) is 10.3. The van der Waals surface area contributed by atoms with Crippen molar-refractivity contribution >= 4 is 5.78 Å². The number of Topliss-reactive ketones (excluding diaryl/α,β-unsaturated/α-hetero) is 1. The molecular formula is C14H18FNO. The summed E-state index contributed by atoms with van der Waals surface area (Å²) in [6, 6.07) is 4.69. The van der Waals surface area contributed by atoms with Crippen LogP contribution >= 0.6 is 0 Å². The molecule has 1 atom stereocenters. The number of nitrogens with one attached hydrogen (secondary N) is 1. The van der Waals surface area contributed by atoms with Gasteiger partial charge in [0.25, 0.3) is 0 Å². The lowest BCUT2D eigenvalue weighted by atomic mass is 9.83. The fourth-order valence-electron chi connectivity index (χ4n) is 2.36. The van der Waals surface area contributed by atoms with E-state index in [-0.39, 0.29) is 11.3 Å². The average Bonchev–Trinajstić information content (AvgIpc) is 2.32. The standard InChI is InChI=1S/C14H18FNO/c1-10-5-6-12(15)11(9-10)13(17)14(2)7-3-4-8-16-14/h5-6,9,16H,3-4,7-8H2,1-2H3. The molecular weight excluding hydrogens is 217 g/mol. The van der Waals surface area contributed by atoms with Crippen LogP contribution in [0.4, 0.5) is 4.39 Å². The lowest BCUT2D eigenvalue weighted by molar-refractivity contribution is 0.0830. The van der Waals surface area contributed by atoms with Crippen LogP contribution in [0.5, 0.6) is 0 Å². The number of rotatable bonds is 2. The van der Waals surface area contributed by atoms with Crippen LogP contribution in [-0.2, 0) is 0 Å². The zero-order chi connectivity index (χ0) is 12.5. The van der Waals surface area contributed by atoms with Crippen LogP contribution in [0.3, 0.4) is 0 Å². The summed E-state index contributed by atoms with van der Waals surface area (Å²) in [5.74, 6) is -0.549. The highest BCUT2D eigenvalue weighted by molar-refractivity contribution is 6.03. The first-order chi connectivity index (χ1) is 8.03. The van der Waals surface area contributed by atoms with E-state index in [1.807, 2.05) is 13.8 Å². The highest BCUT2D eigenvalue weighted by Gasteiger charge is 2.35. The van der Waals surface area contributed by atoms with Crippen LogP contribution in [0.2, 0.25) is 0 Å². The van der Waals surface area contributed by atoms with Gasteiger partial charge in [0, 0.05) is 0 Å². The lowest BCUT2D eigenvalue weighted by Gasteiger charge is -2.33. The Balaban J connectivity index is 2.32. The zero-order valence-corrected chi connectivity index (χ0v) is 10.3. The number of halogens is 1. The molecule has 0 aromatic heterocycles. The molecule has 92 valence electrons. The minimum absolute atomic E-state index is 0.126. The summed E-state index contributed by atoms with van der Waals surface area (Å²) in [6.45, 7) is 4.57. The Morgan fingerprint density at radius 1 is 1.41 bits per heavy atom. The second-order valence-electron chi connectivity index (χ2n) is 5.03. The molecule has 0 spiro atoms. The van der Waals surface area contributed by atoms with Crippen molar-refractivity contribution < 1.29 is 9.18 Å². The van der Waals surface area contributed by atoms with Crippen LogP contribution in [0, 0.1) is 12.7 Å². The summed E-state index contributed by atoms with van der Waals surface area (Å²) in [5, 5.41) is 3.22. The number of aryl methyl sites for hydroxylation is 1. The van der Waals surface area contributed by atoms with Gasteiger partial charge in [-0.25, -0.2) is 4.39 Å². The monoisotopic (exact) mass is 235 g/mol. The quantitative estimate of drug-likeness (QED) is 0.799. The van der Waals surface area contributed by atoms with Crippen molar-refractivity contribution in [1.82, 2.24) is 5.32 Å². The maximum Gasteiger partial charge on any atom is 0.185 e. The third-order valence-corrected chi connectivity index (χ3v) is 3.49. The van der Waals surface area contributed by atoms with Crippen molar-refractivity contribution in [3.63, 3.8) is 0 Å². The Morgan fingerprint density at radius 3 is 2.82 bits per heavy atom. The number of ketones is 1. The predicted molar refractivity (Wildman–Crippen MR) is 65.7 cm³/mol. The van der Waals surface area contributed by atoms with Gasteiger partial charge in [-0.15, -0.1) is 0 Å². The van der Waals surface area contributed by atoms with Gasteiger partial charge in [0.2, 0.25) is 0 Å². The number of piperidine rings is 1. The Hall–Kier alpha value is -1.22. The van der Waals surface area contributed by atoms with Crippen molar-refractivity contribution in [2.75, 3.05) is 6.54 Å². The second-order valence-corrected chi connectivity index (χ2v) is 5.03. The van der Waals surface area contributed by atoms with Gasteiger partial charge in [0.15, 0.2) is 5.78 Å². The van der Waals surface area contributed by atoms with Crippen molar-refractivity contribution in [1.29, 1.82) is 0 Å². The Kier molecular flexibility index (Phi) is 3.29. The van der Waals surface area contributed by atoms with E-state index in [2.05, 4.69) is 5.32 Å². The van der Waals surface area contributed by atoms with Gasteiger partial charge in [0.1, 0.15) is 5.82 Å². The van der Waals surface area contributed by atoms with Gasteiger partial charge in [0.05, 0.1) is 11.1 Å². The molecule has 1 unspecified atom stereocenters. The fourth-order valence-corrected chi connectivity index (χ4v) is 2.36. The van der Waals surface area contributed by atoms with E-state index in [1.165, 1.54) is 6.07 Å². The normalized spacial score (nSPS) is 24.6. The van der Waals surface area contributed by atoms with Gasteiger partial charge in [-0.3, -0.25) is 4.79 Å². The van der Waals surface area contributed by atoms with Crippen LogP contribution in [0.15, 0.2) is 18.2 Å². The van der Waals surface area contributed by atoms with Gasteiger partial charge < -0.3 is 5.32 Å². The van der Waals surface area contributed by atoms with E-state index in [1.54, 1.807) is 12.1 Å². The maximum atomic E-state index is 13.7. The molecule has 0 amide bonds. The lowest BCUT2D eigenvalue weighted by Crippen LogP contribution is -2.52. The number of hydrogen-bond acceptors (Lipinski definition) is 2. The molecule has 1 aliphatic rings. The molecule has 2 rings (SSSR count). The molecule has 1 aromatic carbocycles. The van der Waals surface area contributed by atoms with Crippen LogP contribution in [0.25, 0.3) is 0 Å². The van der Waals surface area contributed by atoms with Crippen molar-refractivity contribution in [3.05, 3.63) is 35.1 Å². The van der Waals surface area contributed by atoms with E-state index in [0.717, 1.165) is 31.4 Å². The molecule has 1 aromatic rings. The third-order valence-electron chi connectivity index (χ3n) is 3.49. The van der Waals surface area contributed by atoms with Crippen molar-refractivity contribution in [3.8, 4) is 0 Å². The van der Waals surface area contributed by atoms with Gasteiger partial charge >= 0.3 is 0 Å². The Morgan fingerprint density at radius 2 is 2.18 bits per heavy atom. The van der Waals surface area contributed by atoms with Gasteiger partial charge in [-0.2, -0.15) is 0 Å². The molecule has 0 saturated carbocycles. The second kappa shape index (κ2) is 4.57. The Labute approximate surface area is 101 Å². The summed E-state index contributed by atoms with van der Waals surface area (Å²) in [7, 11) is 0. The first kappa shape index (κ1) is 12.2. The van der Waals surface area contributed by atoms with Gasteiger partial charge in [-0.1, -0.05) is 11.6 Å². The summed E-state index contributed by atoms with van der Waals surface area (Å²) in [6.07, 6.45) is 2.88. The van der Waals surface area contributed by atoms with E-state index in [4.69, 9.17) is 0 Å². The number of hydrogen-bond donors (Lipinski definition) is 1. The number of carbonyl (C=O) groups excluding carboxylic acids is 1. The van der Waals surface area contributed by atoms with Crippen LogP contribution in [-0.4, -0.2) is 17.9 Å². The molecule has 1 heterocycles. The largest absolute Gasteiger partial charge is 0.305 e. The third kappa shape index (κ3) is 2.39. The van der Waals surface area contributed by atoms with E-state index in [0.29, 0.717) is 0 Å². The number of carbonyl (C=O) groups is 1. The molecule has 1 aliphatic heterocycles. The minimum Gasteiger partial charge on any atom is -0.305 e. The molecule has 3 heteroatoms. The fraction of sp³-hybridized carbons (Fsp3) is 0.500. The first-order valence-corrected chi connectivity index (χ1v) is 6.09.